The number of nitrogens with zero attached hydrogens (tertiary/aromatic N) is 2. The monoisotopic (exact) mass is 291 g/mol. The second kappa shape index (κ2) is 8.60. The van der Waals surface area contributed by atoms with Gasteiger partial charge >= 0.3 is 0 Å². The SMILES string of the molecule is CCCNC1CCCCc2cn(CCN(CC)CC)cc21. The van der Waals surface area contributed by atoms with Crippen molar-refractivity contribution in [2.24, 2.45) is 0 Å². The van der Waals surface area contributed by atoms with Crippen LogP contribution in [-0.4, -0.2) is 35.6 Å². The number of hydrogen-bond acceptors (Lipinski definition) is 2. The van der Waals surface area contributed by atoms with Crippen LogP contribution in [0.3, 0.4) is 0 Å². The van der Waals surface area contributed by atoms with Crippen LogP contribution < -0.4 is 5.32 Å². The van der Waals surface area contributed by atoms with Crippen LogP contribution in [0, 0.1) is 0 Å². The van der Waals surface area contributed by atoms with Gasteiger partial charge in [-0.15, -0.1) is 0 Å². The van der Waals surface area contributed by atoms with Gasteiger partial charge in [0.25, 0.3) is 0 Å². The molecule has 1 aromatic heterocycles. The first kappa shape index (κ1) is 16.6. The molecule has 21 heavy (non-hydrogen) atoms. The van der Waals surface area contributed by atoms with Crippen molar-refractivity contribution in [3.63, 3.8) is 0 Å². The molecule has 3 heteroatoms. The summed E-state index contributed by atoms with van der Waals surface area (Å²) in [6.45, 7) is 12.5. The van der Waals surface area contributed by atoms with Gasteiger partial charge in [0.15, 0.2) is 0 Å². The van der Waals surface area contributed by atoms with Gasteiger partial charge in [0, 0.05) is 31.5 Å². The molecule has 0 aromatic carbocycles. The van der Waals surface area contributed by atoms with E-state index in [1.54, 1.807) is 11.1 Å². The molecular weight excluding hydrogens is 258 g/mol. The Bertz CT molecular complexity index is 407. The minimum Gasteiger partial charge on any atom is -0.352 e. The summed E-state index contributed by atoms with van der Waals surface area (Å²) >= 11 is 0. The molecule has 1 N–H and O–H groups in total. The van der Waals surface area contributed by atoms with E-state index >= 15 is 0 Å². The lowest BCUT2D eigenvalue weighted by molar-refractivity contribution is 0.290. The van der Waals surface area contributed by atoms with Crippen LogP contribution in [0.4, 0.5) is 0 Å². The molecule has 0 radical (unpaired) electrons. The molecule has 1 aromatic rings. The van der Waals surface area contributed by atoms with E-state index in [0.717, 1.165) is 32.7 Å². The first-order valence-corrected chi connectivity index (χ1v) is 8.92. The number of aromatic nitrogens is 1. The number of aryl methyl sites for hydroxylation is 1. The fraction of sp³-hybridized carbons (Fsp3) is 0.778. The van der Waals surface area contributed by atoms with Crippen LogP contribution in [0.2, 0.25) is 0 Å². The average Bonchev–Trinajstić information content (AvgIpc) is 2.81. The quantitative estimate of drug-likeness (QED) is 0.739. The second-order valence-corrected chi connectivity index (χ2v) is 6.26. The molecule has 0 fully saturated rings. The molecule has 1 aliphatic rings. The molecule has 0 saturated carbocycles. The Morgan fingerprint density at radius 1 is 1.19 bits per heavy atom. The van der Waals surface area contributed by atoms with Gasteiger partial charge < -0.3 is 14.8 Å². The summed E-state index contributed by atoms with van der Waals surface area (Å²) in [6.07, 6.45) is 11.3. The van der Waals surface area contributed by atoms with E-state index in [-0.39, 0.29) is 0 Å². The van der Waals surface area contributed by atoms with Crippen molar-refractivity contribution < 1.29 is 0 Å². The number of fused-ring (bicyclic) bond motifs is 1. The number of nitrogens with one attached hydrogen (secondary N) is 1. The van der Waals surface area contributed by atoms with Crippen molar-refractivity contribution in [3.8, 4) is 0 Å². The lowest BCUT2D eigenvalue weighted by Crippen LogP contribution is -2.26. The number of rotatable bonds is 8. The smallest absolute Gasteiger partial charge is 0.0347 e. The molecule has 0 spiro atoms. The van der Waals surface area contributed by atoms with E-state index < -0.39 is 0 Å². The predicted octanol–water partition coefficient (Wildman–Crippen LogP) is 3.60. The molecule has 0 aliphatic heterocycles. The van der Waals surface area contributed by atoms with Crippen LogP contribution in [0.1, 0.15) is 63.6 Å². The zero-order valence-corrected chi connectivity index (χ0v) is 14.2. The molecule has 2 rings (SSSR count). The highest BCUT2D eigenvalue weighted by atomic mass is 15.1. The molecular formula is C18H33N3. The summed E-state index contributed by atoms with van der Waals surface area (Å²) in [5, 5.41) is 3.74. The fourth-order valence-corrected chi connectivity index (χ4v) is 3.37. The van der Waals surface area contributed by atoms with Gasteiger partial charge in [-0.1, -0.05) is 27.2 Å². The number of hydrogen-bond donors (Lipinski definition) is 1. The van der Waals surface area contributed by atoms with Crippen LogP contribution in [0.15, 0.2) is 12.4 Å². The molecule has 1 heterocycles. The molecule has 1 atom stereocenters. The Hall–Kier alpha value is -0.800. The first-order chi connectivity index (χ1) is 10.3. The molecule has 0 bridgehead atoms. The number of likely N-dealkylation sites (N-methyl/N-ethyl adjacent to an activating group) is 1. The summed E-state index contributed by atoms with van der Waals surface area (Å²) in [5.41, 5.74) is 3.15. The molecule has 3 nitrogen and oxygen atoms in total. The maximum Gasteiger partial charge on any atom is 0.0347 e. The van der Waals surface area contributed by atoms with Gasteiger partial charge in [-0.2, -0.15) is 0 Å². The zero-order chi connectivity index (χ0) is 15.1. The first-order valence-electron chi connectivity index (χ1n) is 8.92. The summed E-state index contributed by atoms with van der Waals surface area (Å²) in [7, 11) is 0. The van der Waals surface area contributed by atoms with Crippen LogP contribution in [-0.2, 0) is 13.0 Å². The third kappa shape index (κ3) is 4.58. The summed E-state index contributed by atoms with van der Waals surface area (Å²) < 4.78 is 2.43. The maximum absolute atomic E-state index is 3.74. The van der Waals surface area contributed by atoms with E-state index in [4.69, 9.17) is 0 Å². The van der Waals surface area contributed by atoms with E-state index in [9.17, 15) is 0 Å². The van der Waals surface area contributed by atoms with E-state index in [1.807, 2.05) is 0 Å². The Morgan fingerprint density at radius 2 is 2.00 bits per heavy atom. The van der Waals surface area contributed by atoms with Gasteiger partial charge in [-0.25, -0.2) is 0 Å². The van der Waals surface area contributed by atoms with Crippen LogP contribution in [0.25, 0.3) is 0 Å². The second-order valence-electron chi connectivity index (χ2n) is 6.26. The summed E-state index contributed by atoms with van der Waals surface area (Å²) in [4.78, 5) is 2.50. The van der Waals surface area contributed by atoms with Crippen molar-refractivity contribution in [1.82, 2.24) is 14.8 Å². The van der Waals surface area contributed by atoms with Gasteiger partial charge in [0.2, 0.25) is 0 Å². The molecule has 0 saturated heterocycles. The maximum atomic E-state index is 3.74. The largest absolute Gasteiger partial charge is 0.352 e. The van der Waals surface area contributed by atoms with Gasteiger partial charge in [0.1, 0.15) is 0 Å². The van der Waals surface area contributed by atoms with Crippen molar-refractivity contribution in [2.75, 3.05) is 26.2 Å². The van der Waals surface area contributed by atoms with Gasteiger partial charge in [-0.05, 0) is 56.4 Å². The minimum atomic E-state index is 0.581. The topological polar surface area (TPSA) is 20.2 Å². The lowest BCUT2D eigenvalue weighted by Gasteiger charge is -2.18. The van der Waals surface area contributed by atoms with E-state index in [0.29, 0.717) is 6.04 Å². The predicted molar refractivity (Wildman–Crippen MR) is 90.8 cm³/mol. The third-order valence-corrected chi connectivity index (χ3v) is 4.77. The standard InChI is InChI=1S/C18H33N3/c1-4-11-19-18-10-8-7-9-16-14-21(15-17(16)18)13-12-20(5-2)6-3/h14-15,18-19H,4-13H2,1-3H3. The minimum absolute atomic E-state index is 0.581. The van der Waals surface area contributed by atoms with Crippen molar-refractivity contribution in [2.45, 2.75) is 65.5 Å². The molecule has 1 unspecified atom stereocenters. The Kier molecular flexibility index (Phi) is 6.78. The van der Waals surface area contributed by atoms with Crippen LogP contribution >= 0.6 is 0 Å². The summed E-state index contributed by atoms with van der Waals surface area (Å²) in [6, 6.07) is 0.581. The van der Waals surface area contributed by atoms with Crippen molar-refractivity contribution >= 4 is 0 Å². The van der Waals surface area contributed by atoms with Crippen molar-refractivity contribution in [3.05, 3.63) is 23.5 Å². The Labute approximate surface area is 130 Å². The Balaban J connectivity index is 2.02. The van der Waals surface area contributed by atoms with Gasteiger partial charge in [-0.3, -0.25) is 0 Å². The molecule has 120 valence electrons. The lowest BCUT2D eigenvalue weighted by atomic mass is 10.0. The fourth-order valence-electron chi connectivity index (χ4n) is 3.37. The zero-order valence-electron chi connectivity index (χ0n) is 14.2. The van der Waals surface area contributed by atoms with E-state index in [2.05, 4.69) is 47.9 Å². The highest BCUT2D eigenvalue weighted by molar-refractivity contribution is 5.29. The average molecular weight is 291 g/mol. The van der Waals surface area contributed by atoms with Crippen LogP contribution in [0.5, 0.6) is 0 Å². The Morgan fingerprint density at radius 3 is 2.71 bits per heavy atom. The summed E-state index contributed by atoms with van der Waals surface area (Å²) in [5.74, 6) is 0. The highest BCUT2D eigenvalue weighted by Crippen LogP contribution is 2.29. The van der Waals surface area contributed by atoms with Gasteiger partial charge in [0.05, 0.1) is 0 Å². The molecule has 0 amide bonds. The van der Waals surface area contributed by atoms with Crippen molar-refractivity contribution in [1.29, 1.82) is 0 Å². The normalized spacial score (nSPS) is 18.8. The third-order valence-electron chi connectivity index (χ3n) is 4.77. The van der Waals surface area contributed by atoms with E-state index in [1.165, 1.54) is 32.1 Å². The molecule has 1 aliphatic carbocycles. The highest BCUT2D eigenvalue weighted by Gasteiger charge is 2.19.